The lowest BCUT2D eigenvalue weighted by atomic mass is 9.49. The van der Waals surface area contributed by atoms with E-state index in [0.717, 1.165) is 45.1 Å². The monoisotopic (exact) mass is 853 g/mol. The largest absolute Gasteiger partial charge is 0.456 e. The van der Waals surface area contributed by atoms with Gasteiger partial charge in [-0.1, -0.05) is 142 Å². The Morgan fingerprint density at radius 2 is 1.03 bits per heavy atom. The summed E-state index contributed by atoms with van der Waals surface area (Å²) in [6.45, 7) is 5.06. The predicted molar refractivity (Wildman–Crippen MR) is 274 cm³/mol. The molecule has 5 atom stereocenters. The van der Waals surface area contributed by atoms with Crippen LogP contribution in [0, 0.1) is 23.7 Å². The van der Waals surface area contributed by atoms with Crippen LogP contribution in [0.5, 0.6) is 0 Å². The Balaban J connectivity index is 0.866. The second-order valence-corrected chi connectivity index (χ2v) is 21.0. The van der Waals surface area contributed by atoms with Gasteiger partial charge in [0.15, 0.2) is 0 Å². The van der Waals surface area contributed by atoms with Crippen molar-refractivity contribution in [3.8, 4) is 44.5 Å². The van der Waals surface area contributed by atoms with Crippen LogP contribution in [0.25, 0.3) is 66.4 Å². The Morgan fingerprint density at radius 1 is 0.439 bits per heavy atom. The molecule has 9 aromatic rings. The summed E-state index contributed by atoms with van der Waals surface area (Å²) in [5, 5.41) is 2.30. The van der Waals surface area contributed by atoms with Gasteiger partial charge in [-0.2, -0.15) is 0 Å². The standard InChI is InChI=1S/C64H55NO/c1-40-32-42-34-41(2)64(47(33-40)35-42)58-17-9-7-15-52(58)56-36-45(21-29-59(56)64)46-20-26-54-55-28-25-50(39-62(55)66-61(54)37-46)65(48-22-18-44(19-23-48)43-12-4-3-5-13-43)49-24-27-53-51-14-6-8-16-57(51)63(60(53)38-49)30-10-11-31-63/h3-9,12-29,36-42,47H,10-11,30-35H2,1-2H3/t40-,41+,42?,47+,64-/m1/s1. The second-order valence-electron chi connectivity index (χ2n) is 21.0. The van der Waals surface area contributed by atoms with Gasteiger partial charge in [0.05, 0.1) is 0 Å². The quantitative estimate of drug-likeness (QED) is 0.171. The van der Waals surface area contributed by atoms with Crippen LogP contribution in [0.1, 0.15) is 87.5 Å². The average Bonchev–Trinajstić information content (AvgIpc) is 4.13. The highest BCUT2D eigenvalue weighted by Gasteiger charge is 2.56. The average molecular weight is 854 g/mol. The SMILES string of the molecule is C[C@@H]1CC2C[C@H](C1)[C@@]1(c3ccccc3-c3cc(-c4ccc5c(c4)oc4cc(N(c6ccc(-c7ccccc7)cc6)c6ccc7c(c6)C6(CCCC6)c6ccccc6-7)ccc45)ccc31)[C@@H](C)C2. The van der Waals surface area contributed by atoms with Gasteiger partial charge in [0.25, 0.3) is 0 Å². The Kier molecular flexibility index (Phi) is 8.44. The molecule has 2 spiro atoms. The van der Waals surface area contributed by atoms with E-state index in [-0.39, 0.29) is 10.8 Å². The van der Waals surface area contributed by atoms with Gasteiger partial charge >= 0.3 is 0 Å². The molecule has 3 saturated carbocycles. The summed E-state index contributed by atoms with van der Waals surface area (Å²) in [7, 11) is 0. The van der Waals surface area contributed by atoms with Crippen molar-refractivity contribution in [2.24, 2.45) is 23.7 Å². The number of furan rings is 1. The molecule has 8 aromatic carbocycles. The molecule has 2 bridgehead atoms. The lowest BCUT2D eigenvalue weighted by Crippen LogP contribution is -2.49. The molecule has 0 amide bonds. The third-order valence-corrected chi connectivity index (χ3v) is 17.5. The van der Waals surface area contributed by atoms with E-state index in [9.17, 15) is 0 Å². The molecule has 0 radical (unpaired) electrons. The fourth-order valence-electron chi connectivity index (χ4n) is 15.0. The molecule has 1 aromatic heterocycles. The van der Waals surface area contributed by atoms with E-state index in [1.54, 1.807) is 11.1 Å². The van der Waals surface area contributed by atoms with Crippen molar-refractivity contribution in [2.45, 2.75) is 76.0 Å². The Labute approximate surface area is 389 Å². The first kappa shape index (κ1) is 38.6. The lowest BCUT2D eigenvalue weighted by molar-refractivity contribution is 0.0426. The van der Waals surface area contributed by atoms with Crippen LogP contribution in [-0.2, 0) is 10.8 Å². The van der Waals surface area contributed by atoms with Crippen LogP contribution in [0.3, 0.4) is 0 Å². The van der Waals surface area contributed by atoms with Crippen molar-refractivity contribution in [3.63, 3.8) is 0 Å². The van der Waals surface area contributed by atoms with E-state index in [1.165, 1.54) is 113 Å². The minimum absolute atomic E-state index is 0.0842. The number of nitrogens with zero attached hydrogens (tertiary/aromatic N) is 1. The third kappa shape index (κ3) is 5.48. The normalized spacial score (nSPS) is 23.0. The second kappa shape index (κ2) is 14.4. The predicted octanol–water partition coefficient (Wildman–Crippen LogP) is 17.6. The fourth-order valence-corrected chi connectivity index (χ4v) is 15.0. The van der Waals surface area contributed by atoms with Crippen molar-refractivity contribution >= 4 is 39.0 Å². The number of hydrogen-bond acceptors (Lipinski definition) is 2. The minimum Gasteiger partial charge on any atom is -0.456 e. The first-order valence-electron chi connectivity index (χ1n) is 24.9. The molecule has 5 aliphatic carbocycles. The number of rotatable bonds is 5. The molecule has 0 N–H and O–H groups in total. The summed E-state index contributed by atoms with van der Waals surface area (Å²) in [4.78, 5) is 2.44. The topological polar surface area (TPSA) is 16.4 Å². The highest BCUT2D eigenvalue weighted by molar-refractivity contribution is 6.07. The van der Waals surface area contributed by atoms with E-state index >= 15 is 0 Å². The molecule has 1 heterocycles. The first-order valence-corrected chi connectivity index (χ1v) is 24.9. The van der Waals surface area contributed by atoms with Gasteiger partial charge in [-0.15, -0.1) is 0 Å². The highest BCUT2D eigenvalue weighted by Crippen LogP contribution is 2.65. The van der Waals surface area contributed by atoms with Crippen LogP contribution >= 0.6 is 0 Å². The van der Waals surface area contributed by atoms with Gasteiger partial charge in [0, 0.05) is 44.7 Å². The molecule has 14 rings (SSSR count). The first-order chi connectivity index (χ1) is 32.5. The molecule has 5 aliphatic rings. The Hall–Kier alpha value is -6.64. The van der Waals surface area contributed by atoms with Crippen LogP contribution in [-0.4, -0.2) is 0 Å². The summed E-state index contributed by atoms with van der Waals surface area (Å²) >= 11 is 0. The third-order valence-electron chi connectivity index (χ3n) is 17.5. The lowest BCUT2D eigenvalue weighted by Gasteiger charge is -2.54. The molecule has 2 nitrogen and oxygen atoms in total. The maximum atomic E-state index is 6.93. The number of fused-ring (bicyclic) bond motifs is 16. The zero-order chi connectivity index (χ0) is 43.7. The molecule has 0 aliphatic heterocycles. The summed E-state index contributed by atoms with van der Waals surface area (Å²) in [5.41, 5.74) is 22.1. The van der Waals surface area contributed by atoms with Crippen LogP contribution < -0.4 is 4.90 Å². The Morgan fingerprint density at radius 3 is 1.85 bits per heavy atom. The number of anilines is 3. The van der Waals surface area contributed by atoms with Crippen molar-refractivity contribution in [1.29, 1.82) is 0 Å². The van der Waals surface area contributed by atoms with E-state index in [1.807, 2.05) is 0 Å². The number of hydrogen-bond donors (Lipinski definition) is 0. The minimum atomic E-state index is 0.0842. The molecule has 2 heteroatoms. The molecule has 1 unspecified atom stereocenters. The maximum absolute atomic E-state index is 6.93. The van der Waals surface area contributed by atoms with E-state index in [4.69, 9.17) is 4.42 Å². The van der Waals surface area contributed by atoms with Crippen molar-refractivity contribution < 1.29 is 4.42 Å². The molecule has 322 valence electrons. The highest BCUT2D eigenvalue weighted by atomic mass is 16.3. The van der Waals surface area contributed by atoms with Gasteiger partial charge < -0.3 is 9.32 Å². The van der Waals surface area contributed by atoms with Crippen molar-refractivity contribution in [1.82, 2.24) is 0 Å². The van der Waals surface area contributed by atoms with Gasteiger partial charge in [0.1, 0.15) is 11.2 Å². The zero-order valence-corrected chi connectivity index (χ0v) is 38.1. The molecular weight excluding hydrogens is 799 g/mol. The van der Waals surface area contributed by atoms with E-state index in [0.29, 0.717) is 11.8 Å². The molecule has 0 saturated heterocycles. The summed E-state index contributed by atoms with van der Waals surface area (Å²) in [5.74, 6) is 3.01. The van der Waals surface area contributed by atoms with E-state index in [2.05, 4.69) is 195 Å². The molecule has 66 heavy (non-hydrogen) atoms. The Bertz CT molecular complexity index is 3380. The smallest absolute Gasteiger partial charge is 0.137 e. The van der Waals surface area contributed by atoms with Crippen molar-refractivity contribution in [2.75, 3.05) is 4.90 Å². The van der Waals surface area contributed by atoms with Crippen LogP contribution in [0.15, 0.2) is 180 Å². The van der Waals surface area contributed by atoms with Gasteiger partial charge in [-0.05, 0) is 184 Å². The van der Waals surface area contributed by atoms with Crippen LogP contribution in [0.2, 0.25) is 0 Å². The van der Waals surface area contributed by atoms with Gasteiger partial charge in [0.2, 0.25) is 0 Å². The van der Waals surface area contributed by atoms with Gasteiger partial charge in [-0.3, -0.25) is 0 Å². The zero-order valence-electron chi connectivity index (χ0n) is 38.1. The van der Waals surface area contributed by atoms with Crippen LogP contribution in [0.4, 0.5) is 17.1 Å². The summed E-state index contributed by atoms with van der Waals surface area (Å²) < 4.78 is 6.93. The van der Waals surface area contributed by atoms with E-state index < -0.39 is 0 Å². The molecule has 3 fully saturated rings. The number of benzene rings is 8. The summed E-state index contributed by atoms with van der Waals surface area (Å²) in [6.07, 6.45) is 10.4. The fraction of sp³-hybridized carbons (Fsp3) is 0.250. The van der Waals surface area contributed by atoms with Crippen molar-refractivity contribution in [3.05, 3.63) is 198 Å². The molecular formula is C64H55NO. The maximum Gasteiger partial charge on any atom is 0.137 e. The summed E-state index contributed by atoms with van der Waals surface area (Å²) in [6, 6.07) is 66.7. The van der Waals surface area contributed by atoms with Gasteiger partial charge in [-0.25, -0.2) is 0 Å².